The van der Waals surface area contributed by atoms with Crippen LogP contribution in [0.5, 0.6) is 0 Å². The monoisotopic (exact) mass is 426 g/mol. The maximum Gasteiger partial charge on any atom is 0.339 e. The van der Waals surface area contributed by atoms with E-state index in [1.807, 2.05) is 23.5 Å². The second-order valence-corrected chi connectivity index (χ2v) is 8.91. The number of hydrogen-bond donors (Lipinski definition) is 0. The predicted molar refractivity (Wildman–Crippen MR) is 121 cm³/mol. The van der Waals surface area contributed by atoms with Gasteiger partial charge in [0.2, 0.25) is 0 Å². The van der Waals surface area contributed by atoms with Crippen molar-refractivity contribution in [2.75, 3.05) is 36.2 Å². The van der Waals surface area contributed by atoms with E-state index in [-0.39, 0.29) is 11.1 Å². The van der Waals surface area contributed by atoms with Crippen LogP contribution in [0.2, 0.25) is 0 Å². The first kappa shape index (κ1) is 24.9. The minimum atomic E-state index is -0.457. The summed E-state index contributed by atoms with van der Waals surface area (Å²) in [6.45, 7) is 5.10. The Labute approximate surface area is 178 Å². The minimum absolute atomic E-state index is 0.281. The lowest BCUT2D eigenvalue weighted by atomic mass is 10.1. The summed E-state index contributed by atoms with van der Waals surface area (Å²) in [7, 11) is 0. The van der Waals surface area contributed by atoms with Crippen LogP contribution in [0.4, 0.5) is 0 Å². The minimum Gasteiger partial charge on any atom is -0.462 e. The van der Waals surface area contributed by atoms with Gasteiger partial charge in [-0.3, -0.25) is 0 Å². The maximum atomic E-state index is 12.3. The number of esters is 2. The molecular formula is C22H34O4S2. The van der Waals surface area contributed by atoms with Crippen LogP contribution in [0.15, 0.2) is 24.3 Å². The zero-order valence-electron chi connectivity index (χ0n) is 17.2. The van der Waals surface area contributed by atoms with Gasteiger partial charge in [-0.25, -0.2) is 9.59 Å². The van der Waals surface area contributed by atoms with E-state index in [1.165, 1.54) is 25.7 Å². The molecule has 0 saturated heterocycles. The van der Waals surface area contributed by atoms with Crippen LogP contribution in [-0.4, -0.2) is 48.2 Å². The van der Waals surface area contributed by atoms with Gasteiger partial charge in [0.05, 0.1) is 24.3 Å². The van der Waals surface area contributed by atoms with Crippen LogP contribution in [0.25, 0.3) is 0 Å². The van der Waals surface area contributed by atoms with Gasteiger partial charge in [-0.05, 0) is 60.8 Å². The maximum absolute atomic E-state index is 12.3. The van der Waals surface area contributed by atoms with Crippen molar-refractivity contribution >= 4 is 35.5 Å². The topological polar surface area (TPSA) is 52.6 Å². The molecule has 0 N–H and O–H groups in total. The average Bonchev–Trinajstić information content (AvgIpc) is 2.72. The number of carbonyl (C=O) groups excluding carboxylic acids is 2. The molecule has 0 fully saturated rings. The molecule has 28 heavy (non-hydrogen) atoms. The third-order valence-corrected chi connectivity index (χ3v) is 6.29. The van der Waals surface area contributed by atoms with Crippen LogP contribution in [0.3, 0.4) is 0 Å². The Morgan fingerprint density at radius 1 is 0.714 bits per heavy atom. The van der Waals surface area contributed by atoms with Gasteiger partial charge in [-0.2, -0.15) is 23.5 Å². The lowest BCUT2D eigenvalue weighted by Gasteiger charge is -2.10. The third kappa shape index (κ3) is 11.0. The van der Waals surface area contributed by atoms with Gasteiger partial charge < -0.3 is 9.47 Å². The van der Waals surface area contributed by atoms with E-state index in [9.17, 15) is 9.59 Å². The van der Waals surface area contributed by atoms with Gasteiger partial charge in [-0.15, -0.1) is 0 Å². The highest BCUT2D eigenvalue weighted by atomic mass is 32.2. The Morgan fingerprint density at radius 2 is 1.11 bits per heavy atom. The molecule has 0 bridgehead atoms. The van der Waals surface area contributed by atoms with Crippen LogP contribution in [-0.2, 0) is 9.47 Å². The Morgan fingerprint density at radius 3 is 1.50 bits per heavy atom. The number of hydrogen-bond acceptors (Lipinski definition) is 6. The Bertz CT molecular complexity index is 514. The van der Waals surface area contributed by atoms with Crippen LogP contribution >= 0.6 is 23.5 Å². The Kier molecular flexibility index (Phi) is 14.9. The van der Waals surface area contributed by atoms with Gasteiger partial charge in [0.15, 0.2) is 0 Å². The summed E-state index contributed by atoms with van der Waals surface area (Å²) >= 11 is 3.77. The van der Waals surface area contributed by atoms with E-state index < -0.39 is 11.9 Å². The van der Waals surface area contributed by atoms with Gasteiger partial charge in [0.1, 0.15) is 0 Å². The summed E-state index contributed by atoms with van der Waals surface area (Å²) in [5.74, 6) is 3.34. The number of carbonyl (C=O) groups is 2. The van der Waals surface area contributed by atoms with E-state index in [4.69, 9.17) is 9.47 Å². The predicted octanol–water partition coefficient (Wildman–Crippen LogP) is 5.85. The molecule has 0 aliphatic heterocycles. The van der Waals surface area contributed by atoms with Crippen molar-refractivity contribution < 1.29 is 19.1 Å². The average molecular weight is 427 g/mol. The molecule has 0 saturated carbocycles. The highest BCUT2D eigenvalue weighted by Crippen LogP contribution is 2.14. The normalized spacial score (nSPS) is 10.6. The summed E-state index contributed by atoms with van der Waals surface area (Å²) in [6.07, 6.45) is 6.48. The quantitative estimate of drug-likeness (QED) is 0.244. The molecule has 0 amide bonds. The second kappa shape index (κ2) is 16.8. The zero-order valence-corrected chi connectivity index (χ0v) is 18.9. The smallest absolute Gasteiger partial charge is 0.339 e. The van der Waals surface area contributed by atoms with Crippen molar-refractivity contribution in [3.8, 4) is 0 Å². The molecule has 6 heteroatoms. The first-order valence-electron chi connectivity index (χ1n) is 10.3. The fraction of sp³-hybridized carbons (Fsp3) is 0.636. The molecule has 0 radical (unpaired) electrons. The van der Waals surface area contributed by atoms with Crippen molar-refractivity contribution in [1.29, 1.82) is 0 Å². The molecular weight excluding hydrogens is 392 g/mol. The molecule has 0 aromatic heterocycles. The Hall–Kier alpha value is -1.14. The molecule has 1 aromatic carbocycles. The number of thioether (sulfide) groups is 2. The highest BCUT2D eigenvalue weighted by Gasteiger charge is 2.18. The van der Waals surface area contributed by atoms with Crippen molar-refractivity contribution in [2.45, 2.75) is 52.4 Å². The SMILES string of the molecule is CCCCSCCCOC(=O)c1ccccc1C(=O)OCCCSCCCC. The summed E-state index contributed by atoms with van der Waals surface area (Å²) in [6, 6.07) is 6.71. The molecule has 0 unspecified atom stereocenters. The Balaban J connectivity index is 2.35. The molecule has 0 aliphatic rings. The number of unbranched alkanes of at least 4 members (excludes halogenated alkanes) is 2. The first-order chi connectivity index (χ1) is 13.7. The standard InChI is InChI=1S/C22H34O4S2/c1-3-5-15-27-17-9-13-25-21(23)19-11-7-8-12-20(19)22(24)26-14-10-18-28-16-6-4-2/h7-8,11-12H,3-6,9-10,13-18H2,1-2H3. The summed E-state index contributed by atoms with van der Waals surface area (Å²) < 4.78 is 10.7. The second-order valence-electron chi connectivity index (χ2n) is 6.46. The summed E-state index contributed by atoms with van der Waals surface area (Å²) in [4.78, 5) is 24.7. The van der Waals surface area contributed by atoms with Gasteiger partial charge in [0.25, 0.3) is 0 Å². The van der Waals surface area contributed by atoms with Crippen molar-refractivity contribution in [3.63, 3.8) is 0 Å². The third-order valence-electron chi connectivity index (χ3n) is 3.98. The number of ether oxygens (including phenoxy) is 2. The number of benzene rings is 1. The van der Waals surface area contributed by atoms with E-state index in [1.54, 1.807) is 24.3 Å². The van der Waals surface area contributed by atoms with Crippen molar-refractivity contribution in [1.82, 2.24) is 0 Å². The number of rotatable bonds is 16. The fourth-order valence-electron chi connectivity index (χ4n) is 2.34. The molecule has 1 aromatic rings. The lowest BCUT2D eigenvalue weighted by molar-refractivity contribution is 0.0459. The van der Waals surface area contributed by atoms with Crippen LogP contribution in [0.1, 0.15) is 73.1 Å². The van der Waals surface area contributed by atoms with Crippen LogP contribution < -0.4 is 0 Å². The zero-order chi connectivity index (χ0) is 20.5. The lowest BCUT2D eigenvalue weighted by Crippen LogP contribution is -2.15. The van der Waals surface area contributed by atoms with E-state index >= 15 is 0 Å². The van der Waals surface area contributed by atoms with Gasteiger partial charge in [0, 0.05) is 0 Å². The molecule has 158 valence electrons. The van der Waals surface area contributed by atoms with E-state index in [0.29, 0.717) is 13.2 Å². The molecule has 0 heterocycles. The van der Waals surface area contributed by atoms with Gasteiger partial charge in [-0.1, -0.05) is 38.8 Å². The molecule has 0 atom stereocenters. The summed E-state index contributed by atoms with van der Waals surface area (Å²) in [5.41, 5.74) is 0.562. The fourth-order valence-corrected chi connectivity index (χ4v) is 4.38. The summed E-state index contributed by atoms with van der Waals surface area (Å²) in [5, 5.41) is 0. The van der Waals surface area contributed by atoms with E-state index in [2.05, 4.69) is 13.8 Å². The molecule has 4 nitrogen and oxygen atoms in total. The molecule has 0 aliphatic carbocycles. The molecule has 1 rings (SSSR count). The van der Waals surface area contributed by atoms with Gasteiger partial charge >= 0.3 is 11.9 Å². The largest absolute Gasteiger partial charge is 0.462 e. The van der Waals surface area contributed by atoms with E-state index in [0.717, 1.165) is 35.9 Å². The first-order valence-corrected chi connectivity index (χ1v) is 12.6. The van der Waals surface area contributed by atoms with Crippen molar-refractivity contribution in [2.24, 2.45) is 0 Å². The van der Waals surface area contributed by atoms with Crippen molar-refractivity contribution in [3.05, 3.63) is 35.4 Å². The highest BCUT2D eigenvalue weighted by molar-refractivity contribution is 7.99. The molecule has 0 spiro atoms. The van der Waals surface area contributed by atoms with Crippen LogP contribution in [0, 0.1) is 0 Å².